The van der Waals surface area contributed by atoms with Crippen LogP contribution in [0.4, 0.5) is 8.78 Å². The first-order valence-corrected chi connectivity index (χ1v) is 12.8. The molecule has 0 aromatic heterocycles. The van der Waals surface area contributed by atoms with Crippen LogP contribution in [0, 0.1) is 18.6 Å². The van der Waals surface area contributed by atoms with E-state index in [-0.39, 0.29) is 23.9 Å². The number of nitrogens with one attached hydrogen (secondary N) is 1. The van der Waals surface area contributed by atoms with Crippen LogP contribution in [0.15, 0.2) is 99.5 Å². The summed E-state index contributed by atoms with van der Waals surface area (Å²) in [7, 11) is -3.89. The Balaban J connectivity index is 1.65. The third-order valence-electron chi connectivity index (χ3n) is 6.20. The number of hydrogen-bond donors (Lipinski definition) is 2. The third-order valence-corrected chi connectivity index (χ3v) is 8.01. The Kier molecular flexibility index (Phi) is 6.19. The lowest BCUT2D eigenvalue weighted by molar-refractivity contribution is 0.436. The Bertz CT molecular complexity index is 1530. The quantitative estimate of drug-likeness (QED) is 0.553. The SMILES string of the molecule is Cc1ccc(S(=O)(=O)N2CC3=C(NC(N)=NC3c3cccc(F)c3)/C(=C/c3cccc(F)c3)C2)cc1. The minimum Gasteiger partial charge on any atom is -0.370 e. The zero-order valence-corrected chi connectivity index (χ0v) is 20.3. The highest BCUT2D eigenvalue weighted by Crippen LogP contribution is 2.38. The first-order valence-electron chi connectivity index (χ1n) is 11.3. The Morgan fingerprint density at radius 3 is 2.39 bits per heavy atom. The van der Waals surface area contributed by atoms with Crippen LogP contribution < -0.4 is 11.1 Å². The highest BCUT2D eigenvalue weighted by atomic mass is 32.2. The lowest BCUT2D eigenvalue weighted by Gasteiger charge is -2.37. The number of guanidine groups is 1. The second-order valence-electron chi connectivity index (χ2n) is 8.81. The van der Waals surface area contributed by atoms with Gasteiger partial charge in [-0.25, -0.2) is 22.2 Å². The van der Waals surface area contributed by atoms with Crippen molar-refractivity contribution >= 4 is 22.1 Å². The van der Waals surface area contributed by atoms with Gasteiger partial charge in [0.2, 0.25) is 10.0 Å². The number of aliphatic imine (C=N–C) groups is 1. The van der Waals surface area contributed by atoms with Crippen LogP contribution in [0.2, 0.25) is 0 Å². The number of nitrogens with zero attached hydrogens (tertiary/aromatic N) is 2. The lowest BCUT2D eigenvalue weighted by atomic mass is 9.90. The number of nitrogens with two attached hydrogens (primary N) is 1. The van der Waals surface area contributed by atoms with Crippen molar-refractivity contribution in [1.82, 2.24) is 9.62 Å². The molecule has 3 aromatic carbocycles. The van der Waals surface area contributed by atoms with Gasteiger partial charge >= 0.3 is 0 Å². The van der Waals surface area contributed by atoms with E-state index in [0.29, 0.717) is 28.0 Å². The van der Waals surface area contributed by atoms with Gasteiger partial charge in [-0.1, -0.05) is 42.0 Å². The van der Waals surface area contributed by atoms with Gasteiger partial charge in [-0.15, -0.1) is 0 Å². The van der Waals surface area contributed by atoms with Gasteiger partial charge in [0.05, 0.1) is 4.90 Å². The number of rotatable bonds is 4. The third kappa shape index (κ3) is 4.67. The summed E-state index contributed by atoms with van der Waals surface area (Å²) in [6, 6.07) is 18.0. The highest BCUT2D eigenvalue weighted by molar-refractivity contribution is 7.89. The molecule has 3 aromatic rings. The maximum atomic E-state index is 14.1. The molecule has 2 heterocycles. The fraction of sp³-hybridized carbons (Fsp3) is 0.148. The molecule has 0 saturated carbocycles. The van der Waals surface area contributed by atoms with Crippen molar-refractivity contribution in [2.24, 2.45) is 10.7 Å². The number of sulfonamides is 1. The first-order chi connectivity index (χ1) is 17.2. The standard InChI is InChI=1S/C27H24F2N4O2S/c1-17-8-10-23(11-9-17)36(34,35)33-15-20(12-18-4-2-6-21(28)13-18)26-24(16-33)25(31-27(30)32-26)19-5-3-7-22(29)14-19/h2-14,25H,15-16H2,1H3,(H3,30,31,32)/b20-12+. The minimum atomic E-state index is -3.89. The van der Waals surface area contributed by atoms with E-state index >= 15 is 0 Å². The van der Waals surface area contributed by atoms with Crippen LogP contribution in [0.5, 0.6) is 0 Å². The molecule has 184 valence electrons. The molecular formula is C27H24F2N4O2S. The van der Waals surface area contributed by atoms with E-state index in [0.717, 1.165) is 5.56 Å². The molecule has 0 fully saturated rings. The first kappa shape index (κ1) is 23.9. The van der Waals surface area contributed by atoms with Crippen LogP contribution in [0.1, 0.15) is 22.7 Å². The summed E-state index contributed by atoms with van der Waals surface area (Å²) in [6.07, 6.45) is 1.73. The van der Waals surface area contributed by atoms with E-state index in [1.807, 2.05) is 6.92 Å². The second kappa shape index (κ2) is 9.33. The van der Waals surface area contributed by atoms with Crippen molar-refractivity contribution in [3.05, 3.63) is 118 Å². The van der Waals surface area contributed by atoms with Gasteiger partial charge in [-0.3, -0.25) is 0 Å². The molecule has 0 bridgehead atoms. The molecule has 6 nitrogen and oxygen atoms in total. The van der Waals surface area contributed by atoms with Crippen molar-refractivity contribution in [2.75, 3.05) is 13.1 Å². The zero-order valence-electron chi connectivity index (χ0n) is 19.4. The molecule has 5 rings (SSSR count). The van der Waals surface area contributed by atoms with Gasteiger partial charge in [-0.05, 0) is 71.7 Å². The van der Waals surface area contributed by atoms with Gasteiger partial charge in [-0.2, -0.15) is 4.31 Å². The Hall–Kier alpha value is -3.82. The maximum Gasteiger partial charge on any atom is 0.243 e. The molecule has 0 radical (unpaired) electrons. The van der Waals surface area contributed by atoms with Crippen LogP contribution >= 0.6 is 0 Å². The highest BCUT2D eigenvalue weighted by Gasteiger charge is 2.37. The second-order valence-corrected chi connectivity index (χ2v) is 10.7. The number of halogens is 2. The fourth-order valence-corrected chi connectivity index (χ4v) is 5.85. The summed E-state index contributed by atoms with van der Waals surface area (Å²) in [5.74, 6) is -0.714. The summed E-state index contributed by atoms with van der Waals surface area (Å²) in [6.45, 7) is 1.94. The van der Waals surface area contributed by atoms with Gasteiger partial charge < -0.3 is 11.1 Å². The number of hydrogen-bond acceptors (Lipinski definition) is 5. The molecule has 0 spiro atoms. The average molecular weight is 507 g/mol. The summed E-state index contributed by atoms with van der Waals surface area (Å²) >= 11 is 0. The van der Waals surface area contributed by atoms with Crippen molar-refractivity contribution in [3.63, 3.8) is 0 Å². The zero-order chi connectivity index (χ0) is 25.4. The van der Waals surface area contributed by atoms with E-state index in [9.17, 15) is 17.2 Å². The van der Waals surface area contributed by atoms with Gasteiger partial charge in [0.25, 0.3) is 0 Å². The van der Waals surface area contributed by atoms with E-state index < -0.39 is 27.7 Å². The molecular weight excluding hydrogens is 482 g/mol. The van der Waals surface area contributed by atoms with Gasteiger partial charge in [0.1, 0.15) is 17.7 Å². The minimum absolute atomic E-state index is 0.0248. The average Bonchev–Trinajstić information content (AvgIpc) is 2.84. The Morgan fingerprint density at radius 2 is 1.69 bits per heavy atom. The smallest absolute Gasteiger partial charge is 0.243 e. The van der Waals surface area contributed by atoms with Crippen LogP contribution in [0.3, 0.4) is 0 Å². The summed E-state index contributed by atoms with van der Waals surface area (Å²) in [5, 5.41) is 3.07. The molecule has 2 aliphatic heterocycles. The summed E-state index contributed by atoms with van der Waals surface area (Å²) in [5.41, 5.74) is 9.99. The van der Waals surface area contributed by atoms with E-state index in [1.54, 1.807) is 54.6 Å². The van der Waals surface area contributed by atoms with Crippen molar-refractivity contribution in [3.8, 4) is 0 Å². The summed E-state index contributed by atoms with van der Waals surface area (Å²) in [4.78, 5) is 4.65. The molecule has 2 aliphatic rings. The molecule has 0 aliphatic carbocycles. The van der Waals surface area contributed by atoms with E-state index in [1.165, 1.54) is 28.6 Å². The predicted molar refractivity (Wildman–Crippen MR) is 135 cm³/mol. The van der Waals surface area contributed by atoms with Crippen LogP contribution in [-0.4, -0.2) is 31.8 Å². The Morgan fingerprint density at radius 1 is 1.00 bits per heavy atom. The number of aryl methyl sites for hydroxylation is 1. The molecule has 3 N–H and O–H groups in total. The fourth-order valence-electron chi connectivity index (χ4n) is 4.46. The van der Waals surface area contributed by atoms with E-state index in [2.05, 4.69) is 10.3 Å². The van der Waals surface area contributed by atoms with Crippen molar-refractivity contribution < 1.29 is 17.2 Å². The number of benzene rings is 3. The van der Waals surface area contributed by atoms with Gasteiger partial charge in [0.15, 0.2) is 5.96 Å². The van der Waals surface area contributed by atoms with Crippen LogP contribution in [-0.2, 0) is 10.0 Å². The van der Waals surface area contributed by atoms with Crippen molar-refractivity contribution in [2.45, 2.75) is 17.9 Å². The van der Waals surface area contributed by atoms with E-state index in [4.69, 9.17) is 5.73 Å². The van der Waals surface area contributed by atoms with Crippen molar-refractivity contribution in [1.29, 1.82) is 0 Å². The summed E-state index contributed by atoms with van der Waals surface area (Å²) < 4.78 is 56.7. The monoisotopic (exact) mass is 506 g/mol. The largest absolute Gasteiger partial charge is 0.370 e. The molecule has 1 unspecified atom stereocenters. The van der Waals surface area contributed by atoms with Crippen LogP contribution in [0.25, 0.3) is 6.08 Å². The molecule has 36 heavy (non-hydrogen) atoms. The molecule has 0 saturated heterocycles. The molecule has 0 amide bonds. The normalized spacial score (nSPS) is 19.6. The molecule has 9 heteroatoms. The van der Waals surface area contributed by atoms with Gasteiger partial charge in [0, 0.05) is 18.8 Å². The Labute approximate surface area is 208 Å². The lowest BCUT2D eigenvalue weighted by Crippen LogP contribution is -2.46. The molecule has 1 atom stereocenters. The maximum absolute atomic E-state index is 14.1. The topological polar surface area (TPSA) is 87.8 Å². The predicted octanol–water partition coefficient (Wildman–Crippen LogP) is 4.27.